The highest BCUT2D eigenvalue weighted by atomic mass is 79.9. The smallest absolute Gasteiger partial charge is 0.244 e. The van der Waals surface area contributed by atoms with E-state index in [0.717, 1.165) is 4.47 Å². The van der Waals surface area contributed by atoms with Crippen molar-refractivity contribution < 1.29 is 13.9 Å². The monoisotopic (exact) mass is 430 g/mol. The van der Waals surface area contributed by atoms with Crippen LogP contribution in [-0.2, 0) is 10.3 Å². The average Bonchev–Trinajstić information content (AvgIpc) is 2.54. The number of carbonyl (C=O) groups excluding carboxylic acids is 1. The fraction of sp³-hybridized carbons (Fsp3) is 0.278. The highest BCUT2D eigenvalue weighted by Crippen LogP contribution is 2.29. The molecule has 1 amide bonds. The van der Waals surface area contributed by atoms with Crippen LogP contribution in [0.25, 0.3) is 0 Å². The van der Waals surface area contributed by atoms with Crippen LogP contribution in [0.4, 0.5) is 4.39 Å². The third kappa shape index (κ3) is 4.71. The summed E-state index contributed by atoms with van der Waals surface area (Å²) in [4.78, 5) is 12.6. The SMILES string of the molecule is COc1cccc(F)c1C(C)NC(=O)C(C)(N)c1ccc(Br)cc1.Cl. The number of methoxy groups -OCH3 is 1. The van der Waals surface area contributed by atoms with Gasteiger partial charge in [0.15, 0.2) is 0 Å². The van der Waals surface area contributed by atoms with Crippen molar-refractivity contribution in [2.45, 2.75) is 25.4 Å². The Balaban J connectivity index is 0.00000312. The van der Waals surface area contributed by atoms with Crippen LogP contribution in [0.3, 0.4) is 0 Å². The summed E-state index contributed by atoms with van der Waals surface area (Å²) >= 11 is 3.35. The first-order valence-corrected chi connectivity index (χ1v) is 8.25. The first-order chi connectivity index (χ1) is 11.3. The van der Waals surface area contributed by atoms with Gasteiger partial charge in [0.05, 0.1) is 18.7 Å². The molecule has 0 heterocycles. The molecule has 0 saturated heterocycles. The maximum absolute atomic E-state index is 14.1. The van der Waals surface area contributed by atoms with E-state index >= 15 is 0 Å². The van der Waals surface area contributed by atoms with Crippen molar-refractivity contribution in [1.29, 1.82) is 0 Å². The van der Waals surface area contributed by atoms with Crippen LogP contribution in [0.1, 0.15) is 31.0 Å². The van der Waals surface area contributed by atoms with Gasteiger partial charge in [-0.25, -0.2) is 4.39 Å². The van der Waals surface area contributed by atoms with Gasteiger partial charge in [-0.2, -0.15) is 0 Å². The molecule has 2 unspecified atom stereocenters. The number of amides is 1. The third-order valence-electron chi connectivity index (χ3n) is 3.93. The molecule has 25 heavy (non-hydrogen) atoms. The lowest BCUT2D eigenvalue weighted by Gasteiger charge is -2.27. The van der Waals surface area contributed by atoms with Gasteiger partial charge in [0, 0.05) is 4.47 Å². The van der Waals surface area contributed by atoms with E-state index in [0.29, 0.717) is 16.9 Å². The van der Waals surface area contributed by atoms with E-state index in [2.05, 4.69) is 21.2 Å². The minimum Gasteiger partial charge on any atom is -0.496 e. The fourth-order valence-electron chi connectivity index (χ4n) is 2.46. The molecule has 0 bridgehead atoms. The van der Waals surface area contributed by atoms with Crippen molar-refractivity contribution in [3.63, 3.8) is 0 Å². The predicted molar refractivity (Wildman–Crippen MR) is 102 cm³/mol. The van der Waals surface area contributed by atoms with Crippen LogP contribution in [0.15, 0.2) is 46.9 Å². The molecule has 0 saturated carbocycles. The molecule has 0 aromatic heterocycles. The molecule has 0 aliphatic carbocycles. The summed E-state index contributed by atoms with van der Waals surface area (Å²) in [5.74, 6) is -0.461. The lowest BCUT2D eigenvalue weighted by molar-refractivity contribution is -0.126. The molecule has 0 fully saturated rings. The van der Waals surface area contributed by atoms with Crippen LogP contribution < -0.4 is 15.8 Å². The zero-order valence-corrected chi connectivity index (χ0v) is 16.6. The molecule has 4 nitrogen and oxygen atoms in total. The van der Waals surface area contributed by atoms with Crippen LogP contribution in [-0.4, -0.2) is 13.0 Å². The van der Waals surface area contributed by atoms with Crippen molar-refractivity contribution in [1.82, 2.24) is 5.32 Å². The van der Waals surface area contributed by atoms with Crippen molar-refractivity contribution >= 4 is 34.2 Å². The standard InChI is InChI=1S/C18H20BrFN2O2.ClH/c1-11(16-14(20)5-4-6-15(16)24-3)22-17(23)18(2,21)12-7-9-13(19)10-8-12;/h4-11H,21H2,1-3H3,(H,22,23);1H. The van der Waals surface area contributed by atoms with E-state index < -0.39 is 23.3 Å². The molecule has 0 aliphatic heterocycles. The number of rotatable bonds is 5. The number of carbonyl (C=O) groups is 1. The third-order valence-corrected chi connectivity index (χ3v) is 4.46. The summed E-state index contributed by atoms with van der Waals surface area (Å²) < 4.78 is 20.2. The van der Waals surface area contributed by atoms with Crippen molar-refractivity contribution in [2.75, 3.05) is 7.11 Å². The Kier molecular flexibility index (Phi) is 7.41. The normalized spacial score (nSPS) is 14.0. The van der Waals surface area contributed by atoms with E-state index in [4.69, 9.17) is 10.5 Å². The molecule has 136 valence electrons. The molecule has 0 radical (unpaired) electrons. The van der Waals surface area contributed by atoms with Crippen LogP contribution in [0, 0.1) is 5.82 Å². The van der Waals surface area contributed by atoms with Crippen molar-refractivity contribution in [3.05, 3.63) is 63.9 Å². The lowest BCUT2D eigenvalue weighted by atomic mass is 9.91. The predicted octanol–water partition coefficient (Wildman–Crippen LogP) is 4.07. The Labute approximate surface area is 161 Å². The molecule has 3 N–H and O–H groups in total. The van der Waals surface area contributed by atoms with Crippen molar-refractivity contribution in [3.8, 4) is 5.75 Å². The minimum absolute atomic E-state index is 0. The van der Waals surface area contributed by atoms with Gasteiger partial charge in [-0.05, 0) is 43.7 Å². The summed E-state index contributed by atoms with van der Waals surface area (Å²) in [6, 6.07) is 11.1. The lowest BCUT2D eigenvalue weighted by Crippen LogP contribution is -2.49. The number of halogens is 3. The summed E-state index contributed by atoms with van der Waals surface area (Å²) in [7, 11) is 1.46. The van der Waals surface area contributed by atoms with E-state index in [1.807, 2.05) is 12.1 Å². The van der Waals surface area contributed by atoms with Gasteiger partial charge < -0.3 is 15.8 Å². The van der Waals surface area contributed by atoms with E-state index in [1.54, 1.807) is 38.1 Å². The largest absolute Gasteiger partial charge is 0.496 e. The zero-order chi connectivity index (χ0) is 17.9. The molecular formula is C18H21BrClFN2O2. The Hall–Kier alpha value is -1.63. The number of ether oxygens (including phenoxy) is 1. The maximum Gasteiger partial charge on any atom is 0.244 e. The van der Waals surface area contributed by atoms with Gasteiger partial charge in [-0.15, -0.1) is 12.4 Å². The fourth-order valence-corrected chi connectivity index (χ4v) is 2.73. The second-order valence-corrected chi connectivity index (χ2v) is 6.68. The summed E-state index contributed by atoms with van der Waals surface area (Å²) in [6.07, 6.45) is 0. The first-order valence-electron chi connectivity index (χ1n) is 7.45. The van der Waals surface area contributed by atoms with Gasteiger partial charge in [0.2, 0.25) is 5.91 Å². The maximum atomic E-state index is 14.1. The van der Waals surface area contributed by atoms with Crippen LogP contribution >= 0.6 is 28.3 Å². The Morgan fingerprint density at radius 3 is 2.44 bits per heavy atom. The van der Waals surface area contributed by atoms with Crippen LogP contribution in [0.2, 0.25) is 0 Å². The molecule has 2 atom stereocenters. The number of hydrogen-bond acceptors (Lipinski definition) is 3. The summed E-state index contributed by atoms with van der Waals surface area (Å²) in [6.45, 7) is 3.31. The second kappa shape index (κ2) is 8.65. The van der Waals surface area contributed by atoms with Gasteiger partial charge >= 0.3 is 0 Å². The molecule has 2 aromatic carbocycles. The summed E-state index contributed by atoms with van der Waals surface area (Å²) in [5, 5.41) is 2.77. The van der Waals surface area contributed by atoms with E-state index in [-0.39, 0.29) is 12.4 Å². The number of benzene rings is 2. The minimum atomic E-state index is -1.24. The van der Waals surface area contributed by atoms with Gasteiger partial charge in [-0.1, -0.05) is 34.1 Å². The molecule has 0 spiro atoms. The highest BCUT2D eigenvalue weighted by molar-refractivity contribution is 9.10. The van der Waals surface area contributed by atoms with Crippen molar-refractivity contribution in [2.24, 2.45) is 5.73 Å². The van der Waals surface area contributed by atoms with Gasteiger partial charge in [0.25, 0.3) is 0 Å². The average molecular weight is 432 g/mol. The van der Waals surface area contributed by atoms with E-state index in [9.17, 15) is 9.18 Å². The van der Waals surface area contributed by atoms with Gasteiger partial charge in [-0.3, -0.25) is 4.79 Å². The zero-order valence-electron chi connectivity index (χ0n) is 14.2. The van der Waals surface area contributed by atoms with Gasteiger partial charge in [0.1, 0.15) is 17.1 Å². The number of nitrogens with one attached hydrogen (secondary N) is 1. The Bertz CT molecular complexity index is 738. The topological polar surface area (TPSA) is 64.3 Å². The number of hydrogen-bond donors (Lipinski definition) is 2. The summed E-state index contributed by atoms with van der Waals surface area (Å²) in [5.41, 5.74) is 5.93. The first kappa shape index (κ1) is 21.4. The molecule has 2 rings (SSSR count). The molecular weight excluding hydrogens is 411 g/mol. The van der Waals surface area contributed by atoms with E-state index in [1.165, 1.54) is 13.2 Å². The number of nitrogens with two attached hydrogens (primary N) is 1. The quantitative estimate of drug-likeness (QED) is 0.750. The highest BCUT2D eigenvalue weighted by Gasteiger charge is 2.32. The molecule has 2 aromatic rings. The Morgan fingerprint density at radius 2 is 1.88 bits per heavy atom. The molecule has 0 aliphatic rings. The van der Waals surface area contributed by atoms with Crippen LogP contribution in [0.5, 0.6) is 5.75 Å². The Morgan fingerprint density at radius 1 is 1.28 bits per heavy atom. The molecule has 7 heteroatoms. The second-order valence-electron chi connectivity index (χ2n) is 5.76.